The summed E-state index contributed by atoms with van der Waals surface area (Å²) in [5.74, 6) is 0.952. The van der Waals surface area contributed by atoms with E-state index in [0.29, 0.717) is 0 Å². The Morgan fingerprint density at radius 3 is 2.68 bits per heavy atom. The van der Waals surface area contributed by atoms with Gasteiger partial charge in [0.2, 0.25) is 6.08 Å². The number of aliphatic imine (C=N–C) groups is 1. The summed E-state index contributed by atoms with van der Waals surface area (Å²) in [4.78, 5) is 15.0. The largest absolute Gasteiger partial charge is 0.487 e. The predicted molar refractivity (Wildman–Crippen MR) is 73.1 cm³/mol. The Morgan fingerprint density at radius 1 is 1.26 bits per heavy atom. The van der Waals surface area contributed by atoms with Crippen LogP contribution in [0.25, 0.3) is 0 Å². The van der Waals surface area contributed by atoms with Crippen molar-refractivity contribution in [2.75, 3.05) is 0 Å². The molecular weight excluding hydrogens is 238 g/mol. The number of para-hydroxylation sites is 1. The van der Waals surface area contributed by atoms with Crippen LogP contribution in [-0.2, 0) is 16.8 Å². The molecule has 0 saturated heterocycles. The fourth-order valence-electron chi connectivity index (χ4n) is 3.47. The van der Waals surface area contributed by atoms with Gasteiger partial charge >= 0.3 is 0 Å². The molecule has 3 rings (SSSR count). The van der Waals surface area contributed by atoms with Crippen LogP contribution in [0.5, 0.6) is 5.75 Å². The van der Waals surface area contributed by atoms with Crippen LogP contribution in [0, 0.1) is 0 Å². The van der Waals surface area contributed by atoms with E-state index < -0.39 is 5.54 Å². The van der Waals surface area contributed by atoms with Gasteiger partial charge in [0.1, 0.15) is 16.9 Å². The van der Waals surface area contributed by atoms with E-state index in [2.05, 4.69) is 37.0 Å². The molecule has 1 aromatic rings. The van der Waals surface area contributed by atoms with E-state index in [-0.39, 0.29) is 5.60 Å². The van der Waals surface area contributed by atoms with Crippen LogP contribution in [0.2, 0.25) is 0 Å². The molecule has 1 aliphatic heterocycles. The zero-order valence-electron chi connectivity index (χ0n) is 11.5. The Bertz CT molecular complexity index is 550. The molecule has 1 aromatic carbocycles. The molecule has 1 fully saturated rings. The number of isocyanates is 1. The quantitative estimate of drug-likeness (QED) is 0.600. The van der Waals surface area contributed by atoms with E-state index in [4.69, 9.17) is 4.74 Å². The van der Waals surface area contributed by atoms with Crippen molar-refractivity contribution in [2.24, 2.45) is 4.99 Å². The maximum atomic E-state index is 10.8. The van der Waals surface area contributed by atoms with Gasteiger partial charge in [-0.25, -0.2) is 4.79 Å². The van der Waals surface area contributed by atoms with Gasteiger partial charge in [0.05, 0.1) is 0 Å². The molecule has 0 N–H and O–H groups in total. The van der Waals surface area contributed by atoms with Crippen LogP contribution in [0.3, 0.4) is 0 Å². The second-order valence-electron chi connectivity index (χ2n) is 6.27. The van der Waals surface area contributed by atoms with Crippen LogP contribution < -0.4 is 4.74 Å². The third-order valence-corrected chi connectivity index (χ3v) is 4.28. The minimum Gasteiger partial charge on any atom is -0.487 e. The first-order chi connectivity index (χ1) is 9.06. The number of carbonyl (C=O) groups excluding carboxylic acids is 1. The molecule has 0 bridgehead atoms. The molecule has 0 unspecified atom stereocenters. The first-order valence-electron chi connectivity index (χ1n) is 6.97. The first-order valence-corrected chi connectivity index (χ1v) is 6.97. The Morgan fingerprint density at radius 2 is 2.00 bits per heavy atom. The highest BCUT2D eigenvalue weighted by molar-refractivity contribution is 5.51. The number of hydrogen-bond acceptors (Lipinski definition) is 3. The van der Waals surface area contributed by atoms with Gasteiger partial charge in [-0.2, -0.15) is 4.99 Å². The molecular formula is C16H19NO2. The van der Waals surface area contributed by atoms with Crippen molar-refractivity contribution in [1.29, 1.82) is 0 Å². The normalized spacial score (nSPS) is 22.4. The van der Waals surface area contributed by atoms with Crippen molar-refractivity contribution in [3.8, 4) is 5.75 Å². The monoisotopic (exact) mass is 257 g/mol. The SMILES string of the molecule is CC1(C)Cc2cccc(C3(N=C=O)CCCC3)c2O1. The lowest BCUT2D eigenvalue weighted by Gasteiger charge is -2.26. The number of ether oxygens (including phenoxy) is 1. The Kier molecular flexibility index (Phi) is 2.75. The Balaban J connectivity index is 2.12. The smallest absolute Gasteiger partial charge is 0.235 e. The summed E-state index contributed by atoms with van der Waals surface area (Å²) < 4.78 is 6.12. The minimum absolute atomic E-state index is 0.164. The van der Waals surface area contributed by atoms with Crippen LogP contribution in [-0.4, -0.2) is 11.7 Å². The summed E-state index contributed by atoms with van der Waals surface area (Å²) in [7, 11) is 0. The van der Waals surface area contributed by atoms with E-state index in [1.807, 2.05) is 0 Å². The lowest BCUT2D eigenvalue weighted by molar-refractivity contribution is 0.135. The second kappa shape index (κ2) is 4.21. The summed E-state index contributed by atoms with van der Waals surface area (Å²) in [6.45, 7) is 4.20. The zero-order valence-corrected chi connectivity index (χ0v) is 11.5. The maximum Gasteiger partial charge on any atom is 0.235 e. The van der Waals surface area contributed by atoms with E-state index in [1.165, 1.54) is 5.56 Å². The highest BCUT2D eigenvalue weighted by Crippen LogP contribution is 2.49. The molecule has 1 aliphatic carbocycles. The summed E-state index contributed by atoms with van der Waals surface area (Å²) in [5.41, 5.74) is 1.75. The van der Waals surface area contributed by atoms with Crippen LogP contribution in [0.4, 0.5) is 0 Å². The molecule has 0 radical (unpaired) electrons. The van der Waals surface area contributed by atoms with Gasteiger partial charge in [0.25, 0.3) is 0 Å². The van der Waals surface area contributed by atoms with Gasteiger partial charge < -0.3 is 4.74 Å². The van der Waals surface area contributed by atoms with Crippen molar-refractivity contribution in [3.05, 3.63) is 29.3 Å². The van der Waals surface area contributed by atoms with E-state index in [1.54, 1.807) is 6.08 Å². The molecule has 3 heteroatoms. The predicted octanol–water partition coefficient (Wildman–Crippen LogP) is 3.51. The van der Waals surface area contributed by atoms with Crippen molar-refractivity contribution >= 4 is 6.08 Å². The molecule has 1 heterocycles. The molecule has 0 spiro atoms. The molecule has 1 saturated carbocycles. The second-order valence-corrected chi connectivity index (χ2v) is 6.27. The molecule has 2 aliphatic rings. The first kappa shape index (κ1) is 12.4. The van der Waals surface area contributed by atoms with Crippen LogP contribution in [0.1, 0.15) is 50.7 Å². The summed E-state index contributed by atoms with van der Waals surface area (Å²) >= 11 is 0. The number of nitrogens with zero attached hydrogens (tertiary/aromatic N) is 1. The number of hydrogen-bond donors (Lipinski definition) is 0. The molecule has 0 amide bonds. The Labute approximate surface area is 113 Å². The molecule has 100 valence electrons. The molecule has 0 aromatic heterocycles. The fourth-order valence-corrected chi connectivity index (χ4v) is 3.47. The third kappa shape index (κ3) is 1.98. The van der Waals surface area contributed by atoms with Gasteiger partial charge in [-0.3, -0.25) is 0 Å². The van der Waals surface area contributed by atoms with E-state index in [9.17, 15) is 4.79 Å². The number of fused-ring (bicyclic) bond motifs is 1. The average molecular weight is 257 g/mol. The standard InChI is InChI=1S/C16H19NO2/c1-15(2)10-12-6-5-7-13(14(12)19-15)16(17-11-18)8-3-4-9-16/h5-7H,3-4,8-10H2,1-2H3. The van der Waals surface area contributed by atoms with Crippen molar-refractivity contribution in [3.63, 3.8) is 0 Å². The zero-order chi connectivity index (χ0) is 13.5. The van der Waals surface area contributed by atoms with Crippen molar-refractivity contribution in [2.45, 2.75) is 57.1 Å². The van der Waals surface area contributed by atoms with Gasteiger partial charge in [0.15, 0.2) is 0 Å². The fraction of sp³-hybridized carbons (Fsp3) is 0.562. The topological polar surface area (TPSA) is 38.7 Å². The number of rotatable bonds is 2. The van der Waals surface area contributed by atoms with Crippen molar-refractivity contribution in [1.82, 2.24) is 0 Å². The Hall–Kier alpha value is -1.60. The van der Waals surface area contributed by atoms with E-state index in [0.717, 1.165) is 43.4 Å². The molecule has 0 atom stereocenters. The average Bonchev–Trinajstić information content (AvgIpc) is 2.92. The van der Waals surface area contributed by atoms with Gasteiger partial charge in [-0.1, -0.05) is 31.0 Å². The highest BCUT2D eigenvalue weighted by Gasteiger charge is 2.41. The van der Waals surface area contributed by atoms with Crippen LogP contribution >= 0.6 is 0 Å². The minimum atomic E-state index is -0.395. The lowest BCUT2D eigenvalue weighted by Crippen LogP contribution is -2.26. The molecule has 3 nitrogen and oxygen atoms in total. The molecule has 19 heavy (non-hydrogen) atoms. The summed E-state index contributed by atoms with van der Waals surface area (Å²) in [6.07, 6.45) is 6.75. The third-order valence-electron chi connectivity index (χ3n) is 4.28. The van der Waals surface area contributed by atoms with Gasteiger partial charge in [-0.05, 0) is 32.3 Å². The maximum absolute atomic E-state index is 10.8. The van der Waals surface area contributed by atoms with Gasteiger partial charge in [-0.15, -0.1) is 0 Å². The van der Waals surface area contributed by atoms with Crippen LogP contribution in [0.15, 0.2) is 23.2 Å². The summed E-state index contributed by atoms with van der Waals surface area (Å²) in [5, 5.41) is 0. The van der Waals surface area contributed by atoms with E-state index >= 15 is 0 Å². The van der Waals surface area contributed by atoms with Gasteiger partial charge in [0, 0.05) is 12.0 Å². The lowest BCUT2D eigenvalue weighted by atomic mass is 9.86. The highest BCUT2D eigenvalue weighted by atomic mass is 16.5. The number of benzene rings is 1. The summed E-state index contributed by atoms with van der Waals surface area (Å²) in [6, 6.07) is 6.23. The van der Waals surface area contributed by atoms with Crippen molar-refractivity contribution < 1.29 is 9.53 Å².